The Labute approximate surface area is 113 Å². The van der Waals surface area contributed by atoms with Gasteiger partial charge in [-0.3, -0.25) is 14.4 Å². The van der Waals surface area contributed by atoms with Gasteiger partial charge in [-0.15, -0.1) is 0 Å². The maximum Gasteiger partial charge on any atom is 0.250 e. The highest BCUT2D eigenvalue weighted by Crippen LogP contribution is 1.94. The number of carbonyl (C=O) groups excluding carboxylic acids is 3. The molecule has 0 rings (SSSR count). The quantitative estimate of drug-likeness (QED) is 0.309. The first-order valence-corrected chi connectivity index (χ1v) is 6.08. The molecule has 0 unspecified atom stereocenters. The molecule has 0 fully saturated rings. The highest BCUT2D eigenvalue weighted by Gasteiger charge is 2.04. The van der Waals surface area contributed by atoms with Crippen molar-refractivity contribution in [1.82, 2.24) is 16.0 Å². The molecule has 0 atom stereocenters. The fourth-order valence-corrected chi connectivity index (χ4v) is 1.21. The number of carbonyl (C=O) groups is 3. The van der Waals surface area contributed by atoms with Crippen LogP contribution in [-0.4, -0.2) is 37.9 Å². The summed E-state index contributed by atoms with van der Waals surface area (Å²) in [4.78, 5) is 33.5. The van der Waals surface area contributed by atoms with Crippen molar-refractivity contribution in [3.05, 3.63) is 24.8 Å². The number of amides is 3. The highest BCUT2D eigenvalue weighted by atomic mass is 16.2. The topological polar surface area (TPSA) is 87.3 Å². The summed E-state index contributed by atoms with van der Waals surface area (Å²) < 4.78 is 0. The number of rotatable bonds is 9. The molecule has 6 nitrogen and oxygen atoms in total. The van der Waals surface area contributed by atoms with Crippen LogP contribution in [0.2, 0.25) is 0 Å². The first-order valence-electron chi connectivity index (χ1n) is 6.08. The van der Waals surface area contributed by atoms with Crippen LogP contribution in [0.1, 0.15) is 19.3 Å². The van der Waals surface area contributed by atoms with Crippen molar-refractivity contribution in [3.8, 4) is 0 Å². The van der Waals surface area contributed by atoms with E-state index >= 15 is 0 Å². The molecule has 106 valence electrons. The lowest BCUT2D eigenvalue weighted by Crippen LogP contribution is -2.35. The number of nitrogens with one attached hydrogen (secondary N) is 3. The summed E-state index contributed by atoms with van der Waals surface area (Å²) in [5, 5.41) is 7.71. The lowest BCUT2D eigenvalue weighted by atomic mass is 10.2. The predicted molar refractivity (Wildman–Crippen MR) is 73.3 cm³/mol. The Balaban J connectivity index is 3.59. The summed E-state index contributed by atoms with van der Waals surface area (Å²) in [7, 11) is 1.56. The lowest BCUT2D eigenvalue weighted by Gasteiger charge is -2.07. The van der Waals surface area contributed by atoms with E-state index in [0.717, 1.165) is 0 Å². The van der Waals surface area contributed by atoms with E-state index in [2.05, 4.69) is 29.1 Å². The van der Waals surface area contributed by atoms with E-state index in [4.69, 9.17) is 0 Å². The molecule has 6 heteroatoms. The summed E-state index contributed by atoms with van der Waals surface area (Å²) in [5.74, 6) is -0.521. The molecule has 3 amide bonds. The second kappa shape index (κ2) is 9.87. The van der Waals surface area contributed by atoms with E-state index in [-0.39, 0.29) is 23.3 Å². The van der Waals surface area contributed by atoms with Crippen molar-refractivity contribution in [2.45, 2.75) is 19.3 Å². The lowest BCUT2D eigenvalue weighted by molar-refractivity contribution is -0.122. The molecule has 0 heterocycles. The maximum absolute atomic E-state index is 11.4. The predicted octanol–water partition coefficient (Wildman–Crippen LogP) is -0.123. The van der Waals surface area contributed by atoms with E-state index in [0.29, 0.717) is 32.4 Å². The van der Waals surface area contributed by atoms with Crippen LogP contribution < -0.4 is 16.0 Å². The minimum atomic E-state index is -0.302. The Bertz CT molecular complexity index is 364. The van der Waals surface area contributed by atoms with Crippen molar-refractivity contribution in [3.63, 3.8) is 0 Å². The van der Waals surface area contributed by atoms with Crippen LogP contribution in [0.5, 0.6) is 0 Å². The fraction of sp³-hybridized carbons (Fsp3) is 0.462. The summed E-state index contributed by atoms with van der Waals surface area (Å²) in [6.45, 7) is 7.60. The summed E-state index contributed by atoms with van der Waals surface area (Å²) in [6.07, 6.45) is 2.50. The minimum Gasteiger partial charge on any atom is -0.359 e. The van der Waals surface area contributed by atoms with Gasteiger partial charge in [0.25, 0.3) is 5.91 Å². The van der Waals surface area contributed by atoms with Crippen molar-refractivity contribution < 1.29 is 14.4 Å². The van der Waals surface area contributed by atoms with Gasteiger partial charge in [-0.25, -0.2) is 0 Å². The molecule has 0 aromatic rings. The zero-order chi connectivity index (χ0) is 14.7. The van der Waals surface area contributed by atoms with Crippen molar-refractivity contribution in [1.29, 1.82) is 0 Å². The van der Waals surface area contributed by atoms with Gasteiger partial charge in [-0.2, -0.15) is 0 Å². The molecule has 0 aliphatic rings. The maximum atomic E-state index is 11.4. The monoisotopic (exact) mass is 267 g/mol. The summed E-state index contributed by atoms with van der Waals surface area (Å²) in [6, 6.07) is 0. The Morgan fingerprint density at radius 1 is 1.05 bits per heavy atom. The second-order valence-electron chi connectivity index (χ2n) is 3.86. The van der Waals surface area contributed by atoms with Crippen molar-refractivity contribution >= 4 is 17.7 Å². The van der Waals surface area contributed by atoms with E-state index in [1.165, 1.54) is 6.08 Å². The van der Waals surface area contributed by atoms with E-state index in [9.17, 15) is 14.4 Å². The van der Waals surface area contributed by atoms with Gasteiger partial charge in [0.2, 0.25) is 11.8 Å². The normalized spacial score (nSPS) is 9.32. The van der Waals surface area contributed by atoms with Gasteiger partial charge in [0, 0.05) is 38.6 Å². The van der Waals surface area contributed by atoms with Gasteiger partial charge in [0.1, 0.15) is 0 Å². The standard InChI is InChI=1S/C13H21N3O3/c1-4-10(2)13(19)16-9-8-15-12(18)7-5-6-11(17)14-3/h4H,1-2,5-9H2,3H3,(H,14,17)(H,15,18)(H,16,19). The molecule has 19 heavy (non-hydrogen) atoms. The van der Waals surface area contributed by atoms with Gasteiger partial charge in [0.15, 0.2) is 0 Å². The molecule has 0 bridgehead atoms. The third kappa shape index (κ3) is 8.59. The zero-order valence-electron chi connectivity index (χ0n) is 11.3. The molecule has 0 saturated heterocycles. The van der Waals surface area contributed by atoms with E-state index in [1.807, 2.05) is 0 Å². The molecular formula is C13H21N3O3. The van der Waals surface area contributed by atoms with Crippen LogP contribution >= 0.6 is 0 Å². The van der Waals surface area contributed by atoms with Gasteiger partial charge in [-0.05, 0) is 6.42 Å². The smallest absolute Gasteiger partial charge is 0.250 e. The van der Waals surface area contributed by atoms with Crippen LogP contribution in [0.15, 0.2) is 24.8 Å². The number of hydrogen-bond acceptors (Lipinski definition) is 3. The molecule has 0 aromatic carbocycles. The Kier molecular flexibility index (Phi) is 8.78. The average Bonchev–Trinajstić information content (AvgIpc) is 2.41. The van der Waals surface area contributed by atoms with Gasteiger partial charge >= 0.3 is 0 Å². The first kappa shape index (κ1) is 16.9. The van der Waals surface area contributed by atoms with Gasteiger partial charge in [-0.1, -0.05) is 19.2 Å². The van der Waals surface area contributed by atoms with Crippen molar-refractivity contribution in [2.24, 2.45) is 0 Å². The summed E-state index contributed by atoms with van der Waals surface area (Å²) in [5.41, 5.74) is 0.289. The zero-order valence-corrected chi connectivity index (χ0v) is 11.3. The first-order chi connectivity index (χ1) is 9.01. The molecule has 0 saturated carbocycles. The van der Waals surface area contributed by atoms with Crippen LogP contribution in [-0.2, 0) is 14.4 Å². The van der Waals surface area contributed by atoms with Crippen LogP contribution in [0, 0.1) is 0 Å². The fourth-order valence-electron chi connectivity index (χ4n) is 1.21. The Morgan fingerprint density at radius 2 is 1.63 bits per heavy atom. The highest BCUT2D eigenvalue weighted by molar-refractivity contribution is 5.95. The Morgan fingerprint density at radius 3 is 2.21 bits per heavy atom. The second-order valence-corrected chi connectivity index (χ2v) is 3.86. The SMILES string of the molecule is C=CC(=C)C(=O)NCCNC(=O)CCCC(=O)NC. The molecule has 0 spiro atoms. The minimum absolute atomic E-state index is 0.0806. The molecule has 0 aliphatic heterocycles. The van der Waals surface area contributed by atoms with Gasteiger partial charge in [0.05, 0.1) is 0 Å². The number of hydrogen-bond donors (Lipinski definition) is 3. The molecule has 0 aliphatic carbocycles. The largest absolute Gasteiger partial charge is 0.359 e. The van der Waals surface area contributed by atoms with Crippen LogP contribution in [0.3, 0.4) is 0 Å². The third-order valence-corrected chi connectivity index (χ3v) is 2.36. The Hall–Kier alpha value is -2.11. The molecular weight excluding hydrogens is 246 g/mol. The third-order valence-electron chi connectivity index (χ3n) is 2.36. The van der Waals surface area contributed by atoms with E-state index < -0.39 is 0 Å². The van der Waals surface area contributed by atoms with E-state index in [1.54, 1.807) is 7.05 Å². The average molecular weight is 267 g/mol. The van der Waals surface area contributed by atoms with Gasteiger partial charge < -0.3 is 16.0 Å². The van der Waals surface area contributed by atoms with Crippen LogP contribution in [0.4, 0.5) is 0 Å². The summed E-state index contributed by atoms with van der Waals surface area (Å²) >= 11 is 0. The van der Waals surface area contributed by atoms with Crippen LogP contribution in [0.25, 0.3) is 0 Å². The molecule has 0 aromatic heterocycles. The molecule has 0 radical (unpaired) electrons. The molecule has 3 N–H and O–H groups in total. The van der Waals surface area contributed by atoms with Crippen molar-refractivity contribution in [2.75, 3.05) is 20.1 Å².